The molecule has 2 aromatic rings. The van der Waals surface area contributed by atoms with Gasteiger partial charge in [0.1, 0.15) is 0 Å². The summed E-state index contributed by atoms with van der Waals surface area (Å²) in [6.45, 7) is 4.35. The van der Waals surface area contributed by atoms with Gasteiger partial charge in [0.15, 0.2) is 5.96 Å². The fourth-order valence-corrected chi connectivity index (χ4v) is 3.08. The maximum absolute atomic E-state index is 5.67. The lowest BCUT2D eigenvalue weighted by Gasteiger charge is -2.15. The Labute approximate surface area is 160 Å². The van der Waals surface area contributed by atoms with Gasteiger partial charge in [-0.25, -0.2) is 0 Å². The molecule has 0 bridgehead atoms. The Morgan fingerprint density at radius 2 is 2.19 bits per heavy atom. The maximum atomic E-state index is 5.67. The number of aliphatic imine (C=N–C) groups is 1. The van der Waals surface area contributed by atoms with Gasteiger partial charge in [0, 0.05) is 39.1 Å². The summed E-state index contributed by atoms with van der Waals surface area (Å²) in [4.78, 5) is 4.28. The summed E-state index contributed by atoms with van der Waals surface area (Å²) in [5.41, 5.74) is 2.47. The van der Waals surface area contributed by atoms with Crippen LogP contribution in [-0.2, 0) is 22.6 Å². The van der Waals surface area contributed by atoms with E-state index in [-0.39, 0.29) is 6.10 Å². The van der Waals surface area contributed by atoms with Gasteiger partial charge in [0.2, 0.25) is 0 Å². The number of hydrogen-bond acceptors (Lipinski definition) is 4. The van der Waals surface area contributed by atoms with Gasteiger partial charge in [-0.1, -0.05) is 24.3 Å². The number of hydrogen-bond donors (Lipinski definition) is 2. The number of aromatic nitrogens is 2. The van der Waals surface area contributed by atoms with E-state index in [0.29, 0.717) is 26.3 Å². The van der Waals surface area contributed by atoms with Crippen molar-refractivity contribution in [3.8, 4) is 0 Å². The molecule has 0 saturated carbocycles. The lowest BCUT2D eigenvalue weighted by Crippen LogP contribution is -2.39. The standard InChI is InChI=1S/C20H29N5O2/c1-21-20(22-10-13-26-16-19-8-4-12-27-19)23-14-17-6-2-3-7-18(17)15-25-11-5-9-24-25/h2-3,5-7,9,11,19H,4,8,10,12-16H2,1H3,(H2,21,22,23). The predicted octanol–water partition coefficient (Wildman–Crippen LogP) is 1.79. The minimum absolute atomic E-state index is 0.272. The Hall–Kier alpha value is -2.38. The number of nitrogens with zero attached hydrogens (tertiary/aromatic N) is 3. The Morgan fingerprint density at radius 1 is 1.30 bits per heavy atom. The van der Waals surface area contributed by atoms with Gasteiger partial charge in [-0.15, -0.1) is 0 Å². The zero-order valence-corrected chi connectivity index (χ0v) is 15.9. The van der Waals surface area contributed by atoms with E-state index in [2.05, 4.69) is 45.0 Å². The molecule has 3 rings (SSSR count). The number of ether oxygens (including phenoxy) is 2. The van der Waals surface area contributed by atoms with Gasteiger partial charge < -0.3 is 20.1 Å². The molecule has 1 aliphatic heterocycles. The van der Waals surface area contributed by atoms with Crippen LogP contribution in [0.2, 0.25) is 0 Å². The lowest BCUT2D eigenvalue weighted by atomic mass is 10.1. The third-order valence-corrected chi connectivity index (χ3v) is 4.55. The molecule has 0 radical (unpaired) electrons. The average molecular weight is 371 g/mol. The third-order valence-electron chi connectivity index (χ3n) is 4.55. The molecule has 0 aliphatic carbocycles. The van der Waals surface area contributed by atoms with Gasteiger partial charge in [-0.05, 0) is 30.0 Å². The molecule has 1 aromatic heterocycles. The summed E-state index contributed by atoms with van der Waals surface area (Å²) in [5.74, 6) is 0.768. The minimum atomic E-state index is 0.272. The molecule has 146 valence electrons. The van der Waals surface area contributed by atoms with Crippen LogP contribution < -0.4 is 10.6 Å². The number of benzene rings is 1. The van der Waals surface area contributed by atoms with E-state index in [1.54, 1.807) is 13.2 Å². The molecule has 1 aliphatic rings. The molecular weight excluding hydrogens is 342 g/mol. The fourth-order valence-electron chi connectivity index (χ4n) is 3.08. The van der Waals surface area contributed by atoms with E-state index >= 15 is 0 Å². The SMILES string of the molecule is CN=C(NCCOCC1CCCO1)NCc1ccccc1Cn1cccn1. The largest absolute Gasteiger partial charge is 0.377 e. The quantitative estimate of drug-likeness (QED) is 0.399. The molecular formula is C20H29N5O2. The molecule has 1 saturated heterocycles. The summed E-state index contributed by atoms with van der Waals surface area (Å²) in [5, 5.41) is 10.9. The first-order valence-corrected chi connectivity index (χ1v) is 9.53. The Kier molecular flexibility index (Phi) is 7.68. The van der Waals surface area contributed by atoms with E-state index in [4.69, 9.17) is 9.47 Å². The van der Waals surface area contributed by atoms with Crippen molar-refractivity contribution in [2.75, 3.05) is 33.4 Å². The smallest absolute Gasteiger partial charge is 0.191 e. The van der Waals surface area contributed by atoms with Crippen molar-refractivity contribution in [2.24, 2.45) is 4.99 Å². The molecule has 2 N–H and O–H groups in total. The Balaban J connectivity index is 1.40. The topological polar surface area (TPSA) is 72.7 Å². The normalized spacial score (nSPS) is 17.2. The van der Waals surface area contributed by atoms with Crippen molar-refractivity contribution in [1.29, 1.82) is 0 Å². The highest BCUT2D eigenvalue weighted by atomic mass is 16.5. The van der Waals surface area contributed by atoms with Crippen LogP contribution in [0.15, 0.2) is 47.7 Å². The third kappa shape index (κ3) is 6.37. The second kappa shape index (κ2) is 10.7. The van der Waals surface area contributed by atoms with Gasteiger partial charge in [-0.2, -0.15) is 5.10 Å². The molecule has 1 aromatic carbocycles. The van der Waals surface area contributed by atoms with Crippen LogP contribution in [0, 0.1) is 0 Å². The van der Waals surface area contributed by atoms with Gasteiger partial charge >= 0.3 is 0 Å². The highest BCUT2D eigenvalue weighted by Crippen LogP contribution is 2.12. The zero-order valence-electron chi connectivity index (χ0n) is 15.9. The van der Waals surface area contributed by atoms with Crippen LogP contribution >= 0.6 is 0 Å². The van der Waals surface area contributed by atoms with Crippen LogP contribution in [0.25, 0.3) is 0 Å². The van der Waals surface area contributed by atoms with E-state index in [9.17, 15) is 0 Å². The Bertz CT molecular complexity index is 696. The van der Waals surface area contributed by atoms with Crippen molar-refractivity contribution in [2.45, 2.75) is 32.0 Å². The summed E-state index contributed by atoms with van der Waals surface area (Å²) in [7, 11) is 1.78. The monoisotopic (exact) mass is 371 g/mol. The van der Waals surface area contributed by atoms with Crippen LogP contribution in [0.1, 0.15) is 24.0 Å². The molecule has 0 amide bonds. The van der Waals surface area contributed by atoms with Gasteiger partial charge in [-0.3, -0.25) is 9.67 Å². The second-order valence-electron chi connectivity index (χ2n) is 6.53. The first kappa shape index (κ1) is 19.4. The predicted molar refractivity (Wildman–Crippen MR) is 106 cm³/mol. The zero-order chi connectivity index (χ0) is 18.7. The summed E-state index contributed by atoms with van der Waals surface area (Å²) in [6.07, 6.45) is 6.29. The fraction of sp³-hybridized carbons (Fsp3) is 0.500. The number of guanidine groups is 1. The van der Waals surface area contributed by atoms with Crippen LogP contribution in [0.5, 0.6) is 0 Å². The summed E-state index contributed by atoms with van der Waals surface area (Å²) in [6, 6.07) is 10.3. The molecule has 7 heteroatoms. The molecule has 2 heterocycles. The molecule has 0 spiro atoms. The first-order chi connectivity index (χ1) is 13.3. The summed E-state index contributed by atoms with van der Waals surface area (Å²) < 4.78 is 13.2. The van der Waals surface area contributed by atoms with Crippen molar-refractivity contribution in [1.82, 2.24) is 20.4 Å². The Morgan fingerprint density at radius 3 is 2.93 bits per heavy atom. The van der Waals surface area contributed by atoms with E-state index in [1.165, 1.54) is 11.1 Å². The van der Waals surface area contributed by atoms with E-state index in [1.807, 2.05) is 16.9 Å². The van der Waals surface area contributed by atoms with Crippen molar-refractivity contribution in [3.05, 3.63) is 53.9 Å². The average Bonchev–Trinajstić information content (AvgIpc) is 3.39. The molecule has 1 unspecified atom stereocenters. The lowest BCUT2D eigenvalue weighted by molar-refractivity contribution is 0.0191. The molecule has 7 nitrogen and oxygen atoms in total. The molecule has 1 fully saturated rings. The highest BCUT2D eigenvalue weighted by Gasteiger charge is 2.14. The summed E-state index contributed by atoms with van der Waals surface area (Å²) >= 11 is 0. The number of nitrogens with one attached hydrogen (secondary N) is 2. The van der Waals surface area contributed by atoms with E-state index in [0.717, 1.165) is 32.0 Å². The van der Waals surface area contributed by atoms with Gasteiger partial charge in [0.25, 0.3) is 0 Å². The van der Waals surface area contributed by atoms with Crippen molar-refractivity contribution in [3.63, 3.8) is 0 Å². The minimum Gasteiger partial charge on any atom is -0.377 e. The van der Waals surface area contributed by atoms with Crippen LogP contribution in [-0.4, -0.2) is 55.3 Å². The van der Waals surface area contributed by atoms with Crippen molar-refractivity contribution >= 4 is 5.96 Å². The first-order valence-electron chi connectivity index (χ1n) is 9.53. The van der Waals surface area contributed by atoms with Crippen LogP contribution in [0.3, 0.4) is 0 Å². The maximum Gasteiger partial charge on any atom is 0.191 e. The molecule has 27 heavy (non-hydrogen) atoms. The van der Waals surface area contributed by atoms with E-state index < -0.39 is 0 Å². The van der Waals surface area contributed by atoms with Crippen LogP contribution in [0.4, 0.5) is 0 Å². The second-order valence-corrected chi connectivity index (χ2v) is 6.53. The van der Waals surface area contributed by atoms with Gasteiger partial charge in [0.05, 0.1) is 25.9 Å². The highest BCUT2D eigenvalue weighted by molar-refractivity contribution is 5.79. The van der Waals surface area contributed by atoms with Crippen molar-refractivity contribution < 1.29 is 9.47 Å². The molecule has 1 atom stereocenters. The number of rotatable bonds is 9.